The monoisotopic (exact) mass is 277 g/mol. The highest BCUT2D eigenvalue weighted by molar-refractivity contribution is 5.98. The van der Waals surface area contributed by atoms with Crippen molar-refractivity contribution in [2.45, 2.75) is 13.3 Å². The number of hydrogen-bond acceptors (Lipinski definition) is 5. The van der Waals surface area contributed by atoms with Gasteiger partial charge in [0, 0.05) is 19.7 Å². The fourth-order valence-corrected chi connectivity index (χ4v) is 1.66. The van der Waals surface area contributed by atoms with E-state index in [1.807, 2.05) is 6.07 Å². The Bertz CT molecular complexity index is 551. The second-order valence-corrected chi connectivity index (χ2v) is 3.98. The Morgan fingerprint density at radius 2 is 2.25 bits per heavy atom. The molecule has 0 aliphatic heterocycles. The predicted molar refractivity (Wildman–Crippen MR) is 71.5 cm³/mol. The van der Waals surface area contributed by atoms with E-state index in [0.717, 1.165) is 0 Å². The summed E-state index contributed by atoms with van der Waals surface area (Å²) >= 11 is 0. The minimum atomic E-state index is -0.586. The van der Waals surface area contributed by atoms with E-state index in [0.29, 0.717) is 0 Å². The summed E-state index contributed by atoms with van der Waals surface area (Å²) in [6.07, 6.45) is 0.196. The Balaban J connectivity index is 3.16. The smallest absolute Gasteiger partial charge is 0.311 e. The van der Waals surface area contributed by atoms with Crippen LogP contribution in [-0.2, 0) is 0 Å². The van der Waals surface area contributed by atoms with Gasteiger partial charge in [0.15, 0.2) is 0 Å². The van der Waals surface area contributed by atoms with E-state index in [1.54, 1.807) is 6.92 Å². The first-order valence-electron chi connectivity index (χ1n) is 6.05. The SMILES string of the molecule is CCOc1c(C(=O)N(C)CCC#N)cccc1[N+](=O)[O-]. The number of ether oxygens (including phenoxy) is 1. The molecule has 0 saturated heterocycles. The molecule has 0 aliphatic carbocycles. The van der Waals surface area contributed by atoms with Gasteiger partial charge in [-0.15, -0.1) is 0 Å². The minimum absolute atomic E-state index is 0.0335. The molecule has 0 bridgehead atoms. The van der Waals surface area contributed by atoms with Crippen molar-refractivity contribution in [3.63, 3.8) is 0 Å². The van der Waals surface area contributed by atoms with Crippen LogP contribution in [0.15, 0.2) is 18.2 Å². The van der Waals surface area contributed by atoms with E-state index < -0.39 is 10.8 Å². The molecule has 0 saturated carbocycles. The summed E-state index contributed by atoms with van der Waals surface area (Å²) in [5.74, 6) is -0.443. The molecule has 0 fully saturated rings. The van der Waals surface area contributed by atoms with E-state index in [2.05, 4.69) is 0 Å². The molecular weight excluding hydrogens is 262 g/mol. The largest absolute Gasteiger partial charge is 0.487 e. The fraction of sp³-hybridized carbons (Fsp3) is 0.385. The Kier molecular flexibility index (Phi) is 5.47. The second kappa shape index (κ2) is 7.09. The Morgan fingerprint density at radius 3 is 2.80 bits per heavy atom. The van der Waals surface area contributed by atoms with Crippen molar-refractivity contribution in [1.29, 1.82) is 5.26 Å². The van der Waals surface area contributed by atoms with Gasteiger partial charge in [-0.25, -0.2) is 0 Å². The molecule has 1 amide bonds. The van der Waals surface area contributed by atoms with Crippen LogP contribution < -0.4 is 4.74 Å². The summed E-state index contributed by atoms with van der Waals surface area (Å²) in [6, 6.07) is 6.14. The Labute approximate surface area is 116 Å². The number of benzene rings is 1. The zero-order valence-corrected chi connectivity index (χ0v) is 11.3. The highest BCUT2D eigenvalue weighted by Crippen LogP contribution is 2.31. The number of carbonyl (C=O) groups is 1. The highest BCUT2D eigenvalue weighted by atomic mass is 16.6. The second-order valence-electron chi connectivity index (χ2n) is 3.98. The molecule has 1 rings (SSSR count). The van der Waals surface area contributed by atoms with Gasteiger partial charge in [-0.05, 0) is 13.0 Å². The molecule has 0 N–H and O–H groups in total. The van der Waals surface area contributed by atoms with E-state index >= 15 is 0 Å². The number of hydrogen-bond donors (Lipinski definition) is 0. The van der Waals surface area contributed by atoms with E-state index in [4.69, 9.17) is 10.00 Å². The van der Waals surface area contributed by atoms with Crippen molar-refractivity contribution < 1.29 is 14.5 Å². The molecule has 0 heterocycles. The maximum absolute atomic E-state index is 12.2. The first-order valence-corrected chi connectivity index (χ1v) is 6.05. The number of nitrogens with zero attached hydrogens (tertiary/aromatic N) is 3. The molecule has 0 radical (unpaired) electrons. The molecule has 7 heteroatoms. The topological polar surface area (TPSA) is 96.5 Å². The van der Waals surface area contributed by atoms with Gasteiger partial charge in [0.2, 0.25) is 5.75 Å². The summed E-state index contributed by atoms with van der Waals surface area (Å²) < 4.78 is 5.25. The van der Waals surface area contributed by atoms with Crippen LogP contribution in [0.5, 0.6) is 5.75 Å². The zero-order chi connectivity index (χ0) is 15.1. The molecule has 0 aromatic heterocycles. The van der Waals surface area contributed by atoms with Crippen molar-refractivity contribution >= 4 is 11.6 Å². The van der Waals surface area contributed by atoms with Crippen molar-refractivity contribution in [2.24, 2.45) is 0 Å². The molecule has 0 aliphatic rings. The summed E-state index contributed by atoms with van der Waals surface area (Å²) in [5, 5.41) is 19.5. The first-order chi connectivity index (χ1) is 9.52. The number of nitriles is 1. The number of nitro benzene ring substituents is 1. The Hall–Kier alpha value is -2.62. The standard InChI is InChI=1S/C13H15N3O4/c1-3-20-12-10(6-4-7-11(12)16(18)19)13(17)15(2)9-5-8-14/h4,6-7H,3,5,9H2,1-2H3. The maximum Gasteiger partial charge on any atom is 0.311 e. The Morgan fingerprint density at radius 1 is 1.55 bits per heavy atom. The maximum atomic E-state index is 12.2. The van der Waals surface area contributed by atoms with Gasteiger partial charge in [-0.2, -0.15) is 5.26 Å². The van der Waals surface area contributed by atoms with Crippen LogP contribution in [0.2, 0.25) is 0 Å². The molecule has 1 aromatic carbocycles. The molecule has 7 nitrogen and oxygen atoms in total. The lowest BCUT2D eigenvalue weighted by Gasteiger charge is -2.17. The van der Waals surface area contributed by atoms with E-state index in [-0.39, 0.29) is 36.6 Å². The van der Waals surface area contributed by atoms with Gasteiger partial charge in [-0.3, -0.25) is 14.9 Å². The number of rotatable bonds is 6. The summed E-state index contributed by atoms with van der Waals surface area (Å²) in [4.78, 5) is 24.0. The summed E-state index contributed by atoms with van der Waals surface area (Å²) in [7, 11) is 1.54. The summed E-state index contributed by atoms with van der Waals surface area (Å²) in [6.45, 7) is 2.15. The average molecular weight is 277 g/mol. The minimum Gasteiger partial charge on any atom is -0.487 e. The van der Waals surface area contributed by atoms with Crippen LogP contribution in [-0.4, -0.2) is 35.9 Å². The van der Waals surface area contributed by atoms with Crippen LogP contribution in [0.25, 0.3) is 0 Å². The molecule has 0 atom stereocenters. The van der Waals surface area contributed by atoms with Crippen LogP contribution in [0, 0.1) is 21.4 Å². The fourth-order valence-electron chi connectivity index (χ4n) is 1.66. The lowest BCUT2D eigenvalue weighted by atomic mass is 10.1. The van der Waals surface area contributed by atoms with Crippen LogP contribution >= 0.6 is 0 Å². The lowest BCUT2D eigenvalue weighted by Crippen LogP contribution is -2.28. The number of carbonyl (C=O) groups excluding carboxylic acids is 1. The molecule has 0 unspecified atom stereocenters. The molecule has 106 valence electrons. The lowest BCUT2D eigenvalue weighted by molar-refractivity contribution is -0.385. The third-order valence-electron chi connectivity index (χ3n) is 2.62. The van der Waals surface area contributed by atoms with Gasteiger partial charge in [0.25, 0.3) is 5.91 Å². The van der Waals surface area contributed by atoms with Gasteiger partial charge in [0.05, 0.1) is 29.6 Å². The van der Waals surface area contributed by atoms with E-state index in [1.165, 1.54) is 30.1 Å². The molecule has 0 spiro atoms. The number of amides is 1. The van der Waals surface area contributed by atoms with Crippen LogP contribution in [0.1, 0.15) is 23.7 Å². The number of para-hydroxylation sites is 1. The predicted octanol–water partition coefficient (Wildman–Crippen LogP) is 1.98. The quantitative estimate of drug-likeness (QED) is 0.585. The van der Waals surface area contributed by atoms with Gasteiger partial charge in [-0.1, -0.05) is 6.07 Å². The molecule has 20 heavy (non-hydrogen) atoms. The third kappa shape index (κ3) is 3.45. The molecular formula is C13H15N3O4. The highest BCUT2D eigenvalue weighted by Gasteiger charge is 2.24. The van der Waals surface area contributed by atoms with Gasteiger partial charge in [0.1, 0.15) is 0 Å². The number of nitro groups is 1. The van der Waals surface area contributed by atoms with Crippen LogP contribution in [0.4, 0.5) is 5.69 Å². The van der Waals surface area contributed by atoms with Crippen LogP contribution in [0.3, 0.4) is 0 Å². The van der Waals surface area contributed by atoms with Gasteiger partial charge < -0.3 is 9.64 Å². The normalized spacial score (nSPS) is 9.65. The first kappa shape index (κ1) is 15.4. The van der Waals surface area contributed by atoms with Crippen molar-refractivity contribution in [3.05, 3.63) is 33.9 Å². The summed E-state index contributed by atoms with van der Waals surface area (Å²) in [5.41, 5.74) is -0.118. The average Bonchev–Trinajstić information content (AvgIpc) is 2.44. The molecule has 1 aromatic rings. The third-order valence-corrected chi connectivity index (χ3v) is 2.62. The van der Waals surface area contributed by atoms with Crippen molar-refractivity contribution in [3.8, 4) is 11.8 Å². The van der Waals surface area contributed by atoms with E-state index in [9.17, 15) is 14.9 Å². The van der Waals surface area contributed by atoms with Gasteiger partial charge >= 0.3 is 5.69 Å². The van der Waals surface area contributed by atoms with Crippen molar-refractivity contribution in [1.82, 2.24) is 4.90 Å². The zero-order valence-electron chi connectivity index (χ0n) is 11.3. The van der Waals surface area contributed by atoms with Crippen molar-refractivity contribution in [2.75, 3.05) is 20.2 Å².